The van der Waals surface area contributed by atoms with Crippen molar-refractivity contribution < 1.29 is 18.0 Å². The Bertz CT molecular complexity index is 1050. The van der Waals surface area contributed by atoms with Gasteiger partial charge in [-0.1, -0.05) is 18.2 Å². The van der Waals surface area contributed by atoms with Crippen LogP contribution >= 0.6 is 0 Å². The maximum atomic E-state index is 14.1. The first-order valence-electron chi connectivity index (χ1n) is 12.5. The summed E-state index contributed by atoms with van der Waals surface area (Å²) in [5, 5.41) is 0. The van der Waals surface area contributed by atoms with E-state index < -0.39 is 11.7 Å². The molecule has 0 bridgehead atoms. The number of amides is 1. The lowest BCUT2D eigenvalue weighted by Crippen LogP contribution is -2.48. The molecule has 2 fully saturated rings. The van der Waals surface area contributed by atoms with E-state index in [4.69, 9.17) is 0 Å². The highest BCUT2D eigenvalue weighted by Crippen LogP contribution is 2.39. The number of piperazine rings is 1. The van der Waals surface area contributed by atoms with E-state index in [9.17, 15) is 18.0 Å². The smallest absolute Gasteiger partial charge is 0.304 e. The summed E-state index contributed by atoms with van der Waals surface area (Å²) < 4.78 is 42.2. The van der Waals surface area contributed by atoms with Gasteiger partial charge in [0.25, 0.3) is 5.91 Å². The minimum atomic E-state index is -4.50. The van der Waals surface area contributed by atoms with Gasteiger partial charge in [-0.2, -0.15) is 13.2 Å². The van der Waals surface area contributed by atoms with Crippen LogP contribution in [-0.4, -0.2) is 73.5 Å². The molecule has 188 valence electrons. The lowest BCUT2D eigenvalue weighted by molar-refractivity contribution is -0.138. The first kappa shape index (κ1) is 24.3. The molecule has 1 atom stereocenters. The summed E-state index contributed by atoms with van der Waals surface area (Å²) in [6, 6.07) is 11.9. The van der Waals surface area contributed by atoms with Gasteiger partial charge < -0.3 is 14.7 Å². The maximum absolute atomic E-state index is 14.1. The number of carbonyl (C=O) groups is 1. The number of benzene rings is 2. The van der Waals surface area contributed by atoms with Gasteiger partial charge in [0.05, 0.1) is 12.1 Å². The van der Waals surface area contributed by atoms with Crippen molar-refractivity contribution in [2.45, 2.75) is 32.1 Å². The molecular weight excluding hydrogens is 453 g/mol. The molecule has 0 N–H and O–H groups in total. The molecule has 0 saturated carbocycles. The summed E-state index contributed by atoms with van der Waals surface area (Å²) in [6.45, 7) is 7.51. The van der Waals surface area contributed by atoms with E-state index in [-0.39, 0.29) is 23.6 Å². The van der Waals surface area contributed by atoms with Gasteiger partial charge in [0.1, 0.15) is 0 Å². The largest absolute Gasteiger partial charge is 0.416 e. The molecular formula is C27H33F3N4O. The molecule has 0 aromatic heterocycles. The molecule has 2 saturated heterocycles. The van der Waals surface area contributed by atoms with Gasteiger partial charge in [-0.3, -0.25) is 9.69 Å². The van der Waals surface area contributed by atoms with Crippen LogP contribution in [0.3, 0.4) is 0 Å². The molecule has 3 heterocycles. The molecule has 0 radical (unpaired) electrons. The number of hydrogen-bond acceptors (Lipinski definition) is 4. The number of anilines is 1. The summed E-state index contributed by atoms with van der Waals surface area (Å²) >= 11 is 0. The highest BCUT2D eigenvalue weighted by molar-refractivity contribution is 6.10. The van der Waals surface area contributed by atoms with Gasteiger partial charge in [-0.15, -0.1) is 0 Å². The number of fused-ring (bicyclic) bond motifs is 1. The fourth-order valence-electron chi connectivity index (χ4n) is 5.73. The second-order valence-electron chi connectivity index (χ2n) is 10.2. The number of likely N-dealkylation sites (N-methyl/N-ethyl adjacent to an activating group) is 1. The van der Waals surface area contributed by atoms with Gasteiger partial charge in [0.15, 0.2) is 0 Å². The Morgan fingerprint density at radius 3 is 2.43 bits per heavy atom. The number of nitrogens with zero attached hydrogens (tertiary/aromatic N) is 4. The third-order valence-electron chi connectivity index (χ3n) is 7.60. The predicted octanol–water partition coefficient (Wildman–Crippen LogP) is 4.33. The molecule has 0 aliphatic carbocycles. The zero-order chi connectivity index (χ0) is 24.6. The highest BCUT2D eigenvalue weighted by Gasteiger charge is 2.40. The quantitative estimate of drug-likeness (QED) is 0.630. The van der Waals surface area contributed by atoms with E-state index in [1.807, 2.05) is 6.07 Å². The number of rotatable bonds is 5. The number of likely N-dealkylation sites (tertiary alicyclic amines) is 1. The van der Waals surface area contributed by atoms with E-state index >= 15 is 0 Å². The van der Waals surface area contributed by atoms with Crippen LogP contribution in [0.5, 0.6) is 0 Å². The van der Waals surface area contributed by atoms with Crippen LogP contribution in [0, 0.1) is 5.92 Å². The lowest BCUT2D eigenvalue weighted by atomic mass is 9.95. The van der Waals surface area contributed by atoms with E-state index in [0.29, 0.717) is 23.7 Å². The van der Waals surface area contributed by atoms with Gasteiger partial charge in [0, 0.05) is 57.1 Å². The normalized spacial score (nSPS) is 22.6. The average Bonchev–Trinajstić information content (AvgIpc) is 3.16. The van der Waals surface area contributed by atoms with Crippen molar-refractivity contribution >= 4 is 11.6 Å². The molecule has 1 unspecified atom stereocenters. The summed E-state index contributed by atoms with van der Waals surface area (Å²) in [4.78, 5) is 21.7. The molecule has 2 aromatic carbocycles. The Labute approximate surface area is 205 Å². The predicted molar refractivity (Wildman–Crippen MR) is 130 cm³/mol. The first-order valence-corrected chi connectivity index (χ1v) is 12.5. The molecule has 5 nitrogen and oxygen atoms in total. The number of para-hydroxylation sites is 1. The Kier molecular flexibility index (Phi) is 6.88. The van der Waals surface area contributed by atoms with Crippen molar-refractivity contribution in [2.75, 3.05) is 57.8 Å². The van der Waals surface area contributed by atoms with Crippen LogP contribution in [0.4, 0.5) is 18.9 Å². The molecule has 1 amide bonds. The van der Waals surface area contributed by atoms with Crippen molar-refractivity contribution in [3.63, 3.8) is 0 Å². The van der Waals surface area contributed by atoms with Crippen LogP contribution in [0.2, 0.25) is 0 Å². The molecule has 3 aliphatic heterocycles. The second kappa shape index (κ2) is 9.91. The molecule has 2 aromatic rings. The van der Waals surface area contributed by atoms with Gasteiger partial charge >= 0.3 is 6.18 Å². The van der Waals surface area contributed by atoms with Gasteiger partial charge in [0.2, 0.25) is 0 Å². The van der Waals surface area contributed by atoms with Crippen LogP contribution in [0.25, 0.3) is 0 Å². The van der Waals surface area contributed by atoms with Crippen LogP contribution in [0.15, 0.2) is 42.5 Å². The third-order valence-corrected chi connectivity index (χ3v) is 7.60. The Morgan fingerprint density at radius 1 is 0.971 bits per heavy atom. The second-order valence-corrected chi connectivity index (χ2v) is 10.2. The molecule has 35 heavy (non-hydrogen) atoms. The minimum Gasteiger partial charge on any atom is -0.304 e. The van der Waals surface area contributed by atoms with Crippen molar-refractivity contribution in [2.24, 2.45) is 5.92 Å². The highest BCUT2D eigenvalue weighted by atomic mass is 19.4. The summed E-state index contributed by atoms with van der Waals surface area (Å²) in [5.41, 5.74) is 0.778. The average molecular weight is 487 g/mol. The fraction of sp³-hybridized carbons (Fsp3) is 0.519. The Balaban J connectivity index is 1.33. The monoisotopic (exact) mass is 486 g/mol. The number of piperidine rings is 1. The van der Waals surface area contributed by atoms with E-state index in [1.54, 1.807) is 30.3 Å². The van der Waals surface area contributed by atoms with Gasteiger partial charge in [-0.25, -0.2) is 0 Å². The zero-order valence-electron chi connectivity index (χ0n) is 20.2. The van der Waals surface area contributed by atoms with Crippen molar-refractivity contribution in [3.8, 4) is 0 Å². The van der Waals surface area contributed by atoms with E-state index in [1.165, 1.54) is 11.0 Å². The van der Waals surface area contributed by atoms with Crippen molar-refractivity contribution in [3.05, 3.63) is 64.7 Å². The molecule has 5 rings (SSSR count). The van der Waals surface area contributed by atoms with Crippen molar-refractivity contribution in [1.29, 1.82) is 0 Å². The zero-order valence-corrected chi connectivity index (χ0v) is 20.2. The molecule has 3 aliphatic rings. The Hall–Kier alpha value is -2.42. The van der Waals surface area contributed by atoms with Crippen LogP contribution < -0.4 is 4.90 Å². The third kappa shape index (κ3) is 5.39. The number of carbonyl (C=O) groups excluding carboxylic acids is 1. The van der Waals surface area contributed by atoms with Gasteiger partial charge in [-0.05, 0) is 67.7 Å². The summed E-state index contributed by atoms with van der Waals surface area (Å²) in [6.07, 6.45) is -2.29. The lowest BCUT2D eigenvalue weighted by Gasteiger charge is -2.38. The van der Waals surface area contributed by atoms with Crippen LogP contribution in [0.1, 0.15) is 39.9 Å². The number of halogens is 3. The summed E-state index contributed by atoms with van der Waals surface area (Å²) in [5.74, 6) is 0.170. The van der Waals surface area contributed by atoms with Crippen molar-refractivity contribution in [1.82, 2.24) is 14.7 Å². The fourth-order valence-corrected chi connectivity index (χ4v) is 5.73. The standard InChI is InChI=1S/C27H33F3N4O/c1-31-10-12-32(13-11-31)16-20-6-5-9-33(17-20)18-21-14-23-24(25(15-21)27(28,29)30)19-34(26(23)35)22-7-3-2-4-8-22/h2-4,7-8,14-15,20H,5-6,9-13,16-19H2,1H3. The summed E-state index contributed by atoms with van der Waals surface area (Å²) in [7, 11) is 2.15. The maximum Gasteiger partial charge on any atom is 0.416 e. The number of hydrogen-bond donors (Lipinski definition) is 0. The molecule has 8 heteroatoms. The first-order chi connectivity index (χ1) is 16.8. The van der Waals surface area contributed by atoms with E-state index in [2.05, 4.69) is 21.7 Å². The van der Waals surface area contributed by atoms with Crippen LogP contribution in [-0.2, 0) is 19.3 Å². The number of alkyl halides is 3. The topological polar surface area (TPSA) is 30.0 Å². The SMILES string of the molecule is CN1CCN(CC2CCCN(Cc3cc4c(c(C(F)(F)F)c3)CN(c3ccccc3)C4=O)C2)CC1. The Morgan fingerprint density at radius 2 is 1.71 bits per heavy atom. The minimum absolute atomic E-state index is 0.0515. The molecule has 0 spiro atoms. The van der Waals surface area contributed by atoms with E-state index in [0.717, 1.165) is 58.7 Å².